The van der Waals surface area contributed by atoms with Crippen LogP contribution in [0.2, 0.25) is 0 Å². The first-order valence-electron chi connectivity index (χ1n) is 9.58. The lowest BCUT2D eigenvalue weighted by atomic mass is 9.74. The van der Waals surface area contributed by atoms with Gasteiger partial charge in [-0.25, -0.2) is 9.37 Å². The maximum absolute atomic E-state index is 13.9. The molecule has 0 spiro atoms. The van der Waals surface area contributed by atoms with Gasteiger partial charge in [0.1, 0.15) is 17.3 Å². The number of para-hydroxylation sites is 1. The summed E-state index contributed by atoms with van der Waals surface area (Å²) in [6, 6.07) is 8.91. The Hall–Kier alpha value is -3.18. The molecule has 1 atom stereocenters. The number of hydrogen-bond acceptors (Lipinski definition) is 6. The van der Waals surface area contributed by atoms with Gasteiger partial charge in [-0.3, -0.25) is 10.1 Å². The Morgan fingerprint density at radius 3 is 2.39 bits per heavy atom. The number of benzene rings is 2. The lowest BCUT2D eigenvalue weighted by Crippen LogP contribution is -2.57. The van der Waals surface area contributed by atoms with Crippen molar-refractivity contribution in [2.45, 2.75) is 37.5 Å². The van der Waals surface area contributed by atoms with Crippen molar-refractivity contribution in [3.05, 3.63) is 59.2 Å². The molecule has 0 radical (unpaired) electrons. The number of phenolic OH excluding ortho intramolecular Hbond substituents is 2. The van der Waals surface area contributed by atoms with E-state index in [1.165, 1.54) is 31.4 Å². The molecular formula is C22H20F4N2O4S. The molecule has 0 aliphatic carbocycles. The van der Waals surface area contributed by atoms with E-state index in [9.17, 15) is 37.7 Å². The maximum atomic E-state index is 13.9. The van der Waals surface area contributed by atoms with Crippen LogP contribution in [0.25, 0.3) is 11.3 Å². The number of alkyl halides is 3. The lowest BCUT2D eigenvalue weighted by Gasteiger charge is -2.36. The largest absolute Gasteiger partial charge is 0.508 e. The minimum atomic E-state index is -5.39. The Labute approximate surface area is 190 Å². The third-order valence-electron chi connectivity index (χ3n) is 5.13. The van der Waals surface area contributed by atoms with Crippen LogP contribution in [0.3, 0.4) is 0 Å². The first kappa shape index (κ1) is 24.5. The summed E-state index contributed by atoms with van der Waals surface area (Å²) < 4.78 is 55.4. The van der Waals surface area contributed by atoms with Gasteiger partial charge in [0.15, 0.2) is 5.13 Å². The Morgan fingerprint density at radius 1 is 1.09 bits per heavy atom. The van der Waals surface area contributed by atoms with E-state index in [2.05, 4.69) is 4.98 Å². The zero-order valence-electron chi connectivity index (χ0n) is 17.4. The van der Waals surface area contributed by atoms with Crippen LogP contribution in [-0.2, 0) is 10.2 Å². The summed E-state index contributed by atoms with van der Waals surface area (Å²) in [5, 5.41) is 33.6. The van der Waals surface area contributed by atoms with Crippen LogP contribution in [0.1, 0.15) is 25.8 Å². The SMILES string of the molecule is CC(C)(CC(O)(C(=O)Nc1nc(-c2ccccc2O)cs1)C(F)(F)F)c1cc(F)ccc1O. The van der Waals surface area contributed by atoms with Gasteiger partial charge in [0.05, 0.1) is 5.69 Å². The fourth-order valence-corrected chi connectivity index (χ4v) is 4.15. The van der Waals surface area contributed by atoms with Crippen molar-refractivity contribution in [2.75, 3.05) is 5.32 Å². The molecule has 11 heteroatoms. The molecule has 0 bridgehead atoms. The molecule has 33 heavy (non-hydrogen) atoms. The number of aromatic hydroxyl groups is 2. The Morgan fingerprint density at radius 2 is 1.76 bits per heavy atom. The van der Waals surface area contributed by atoms with Gasteiger partial charge in [-0.1, -0.05) is 26.0 Å². The summed E-state index contributed by atoms with van der Waals surface area (Å²) >= 11 is 0.805. The number of nitrogens with zero attached hydrogens (tertiary/aromatic N) is 1. The minimum absolute atomic E-state index is 0.107. The molecule has 1 amide bonds. The monoisotopic (exact) mass is 484 g/mol. The fraction of sp³-hybridized carbons (Fsp3) is 0.273. The van der Waals surface area contributed by atoms with Crippen LogP contribution in [0.15, 0.2) is 47.8 Å². The number of thiazole rings is 1. The van der Waals surface area contributed by atoms with Crippen molar-refractivity contribution >= 4 is 22.4 Å². The molecule has 1 unspecified atom stereocenters. The molecule has 3 rings (SSSR count). The molecule has 176 valence electrons. The van der Waals surface area contributed by atoms with E-state index in [1.807, 2.05) is 5.32 Å². The molecular weight excluding hydrogens is 464 g/mol. The number of aromatic nitrogens is 1. The van der Waals surface area contributed by atoms with E-state index in [-0.39, 0.29) is 22.1 Å². The van der Waals surface area contributed by atoms with Crippen LogP contribution in [0, 0.1) is 5.82 Å². The predicted octanol–water partition coefficient (Wildman–Crippen LogP) is 4.96. The molecule has 4 N–H and O–H groups in total. The number of rotatable bonds is 6. The number of halogens is 4. The van der Waals surface area contributed by atoms with E-state index in [0.29, 0.717) is 5.56 Å². The molecule has 0 saturated heterocycles. The average molecular weight is 484 g/mol. The summed E-state index contributed by atoms with van der Waals surface area (Å²) in [6.45, 7) is 2.48. The van der Waals surface area contributed by atoms with E-state index in [4.69, 9.17) is 0 Å². The van der Waals surface area contributed by atoms with Crippen molar-refractivity contribution in [2.24, 2.45) is 0 Å². The molecule has 3 aromatic rings. The highest BCUT2D eigenvalue weighted by molar-refractivity contribution is 7.14. The standard InChI is InChI=1S/C22H20F4N2O4S/c1-20(2,14-9-12(23)7-8-17(14)30)11-21(32,22(24,25)26)18(31)28-19-27-15(10-33-19)13-5-3-4-6-16(13)29/h3-10,29-30,32H,11H2,1-2H3,(H,27,28,31). The van der Waals surface area contributed by atoms with Crippen molar-refractivity contribution in [3.8, 4) is 22.8 Å². The second-order valence-corrected chi connectivity index (χ2v) is 8.95. The van der Waals surface area contributed by atoms with Gasteiger partial charge in [0.2, 0.25) is 5.60 Å². The molecule has 1 aromatic heterocycles. The van der Waals surface area contributed by atoms with Crippen LogP contribution < -0.4 is 5.32 Å². The Kier molecular flexibility index (Phi) is 6.40. The zero-order chi connectivity index (χ0) is 24.6. The third kappa shape index (κ3) is 4.93. The van der Waals surface area contributed by atoms with Gasteiger partial charge in [-0.2, -0.15) is 13.2 Å². The molecule has 0 aliphatic heterocycles. The topological polar surface area (TPSA) is 103 Å². The molecule has 0 aliphatic rings. The van der Waals surface area contributed by atoms with E-state index in [1.54, 1.807) is 12.1 Å². The maximum Gasteiger partial charge on any atom is 0.426 e. The number of phenols is 2. The summed E-state index contributed by atoms with van der Waals surface area (Å²) in [5.74, 6) is -3.16. The summed E-state index contributed by atoms with van der Waals surface area (Å²) in [4.78, 5) is 16.7. The zero-order valence-corrected chi connectivity index (χ0v) is 18.3. The van der Waals surface area contributed by atoms with Crippen LogP contribution in [0.4, 0.5) is 22.7 Å². The smallest absolute Gasteiger partial charge is 0.426 e. The second kappa shape index (κ2) is 8.64. The molecule has 6 nitrogen and oxygen atoms in total. The first-order chi connectivity index (χ1) is 15.2. The number of carbonyl (C=O) groups excluding carboxylic acids is 1. The summed E-state index contributed by atoms with van der Waals surface area (Å²) in [5.41, 5.74) is -5.21. The van der Waals surface area contributed by atoms with E-state index in [0.717, 1.165) is 29.5 Å². The average Bonchev–Trinajstić information content (AvgIpc) is 3.17. The molecule has 2 aromatic carbocycles. The number of hydrogen-bond donors (Lipinski definition) is 4. The highest BCUT2D eigenvalue weighted by Gasteiger charge is 2.61. The fourth-order valence-electron chi connectivity index (χ4n) is 3.44. The minimum Gasteiger partial charge on any atom is -0.508 e. The number of carbonyl (C=O) groups is 1. The van der Waals surface area contributed by atoms with Crippen LogP contribution in [-0.4, -0.2) is 38.0 Å². The summed E-state index contributed by atoms with van der Waals surface area (Å²) in [7, 11) is 0. The number of anilines is 1. The molecule has 0 fully saturated rings. The highest BCUT2D eigenvalue weighted by Crippen LogP contribution is 2.44. The van der Waals surface area contributed by atoms with Crippen molar-refractivity contribution in [3.63, 3.8) is 0 Å². The van der Waals surface area contributed by atoms with Gasteiger partial charge in [-0.15, -0.1) is 11.3 Å². The third-order valence-corrected chi connectivity index (χ3v) is 5.89. The Balaban J connectivity index is 1.91. The number of aliphatic hydroxyl groups is 1. The lowest BCUT2D eigenvalue weighted by molar-refractivity contribution is -0.254. The van der Waals surface area contributed by atoms with E-state index >= 15 is 0 Å². The van der Waals surface area contributed by atoms with Gasteiger partial charge in [-0.05, 0) is 35.7 Å². The number of nitrogens with one attached hydrogen (secondary N) is 1. The van der Waals surface area contributed by atoms with Crippen LogP contribution in [0.5, 0.6) is 11.5 Å². The van der Waals surface area contributed by atoms with Crippen molar-refractivity contribution < 1.29 is 37.7 Å². The highest BCUT2D eigenvalue weighted by atomic mass is 32.1. The van der Waals surface area contributed by atoms with Crippen molar-refractivity contribution in [1.82, 2.24) is 4.98 Å². The quantitative estimate of drug-likeness (QED) is 0.371. The van der Waals surface area contributed by atoms with Crippen LogP contribution >= 0.6 is 11.3 Å². The second-order valence-electron chi connectivity index (χ2n) is 8.09. The molecule has 1 heterocycles. The van der Waals surface area contributed by atoms with E-state index < -0.39 is 41.1 Å². The van der Waals surface area contributed by atoms with Crippen molar-refractivity contribution in [1.29, 1.82) is 0 Å². The normalized spacial score (nSPS) is 14.0. The summed E-state index contributed by atoms with van der Waals surface area (Å²) in [6.07, 6.45) is -6.60. The van der Waals surface area contributed by atoms with Gasteiger partial charge in [0.25, 0.3) is 5.91 Å². The first-order valence-corrected chi connectivity index (χ1v) is 10.5. The van der Waals surface area contributed by atoms with Gasteiger partial charge in [0, 0.05) is 22.9 Å². The molecule has 0 saturated carbocycles. The van der Waals surface area contributed by atoms with Gasteiger partial charge >= 0.3 is 6.18 Å². The number of amides is 1. The Bertz CT molecular complexity index is 1180. The van der Waals surface area contributed by atoms with Gasteiger partial charge < -0.3 is 15.3 Å². The predicted molar refractivity (Wildman–Crippen MR) is 115 cm³/mol.